The van der Waals surface area contributed by atoms with Gasteiger partial charge in [-0.25, -0.2) is 0 Å². The maximum atomic E-state index is 4.13. The van der Waals surface area contributed by atoms with Crippen molar-refractivity contribution in [2.45, 2.75) is 17.9 Å². The molecule has 0 unspecified atom stereocenters. The van der Waals surface area contributed by atoms with Crippen molar-refractivity contribution in [2.75, 3.05) is 5.75 Å². The number of rotatable bonds is 5. The predicted octanol–water partition coefficient (Wildman–Crippen LogP) is 1.26. The topological polar surface area (TPSA) is 59.4 Å². The summed E-state index contributed by atoms with van der Waals surface area (Å²) in [6.07, 6.45) is 7.91. The summed E-state index contributed by atoms with van der Waals surface area (Å²) in [5, 5.41) is 15.4. The van der Waals surface area contributed by atoms with Gasteiger partial charge in [0, 0.05) is 13.2 Å². The molecule has 5 nitrogen and oxygen atoms in total. The van der Waals surface area contributed by atoms with Crippen LogP contribution in [0.4, 0.5) is 0 Å². The normalized spacial score (nSPS) is 10.7. The van der Waals surface area contributed by atoms with E-state index in [9.17, 15) is 0 Å². The molecular weight excluding hydrogens is 210 g/mol. The third-order valence-electron chi connectivity index (χ3n) is 2.01. The van der Waals surface area contributed by atoms with Crippen LogP contribution >= 0.6 is 11.8 Å². The summed E-state index contributed by atoms with van der Waals surface area (Å²) in [5.41, 5.74) is 1.29. The fraction of sp³-hybridized carbons (Fsp3) is 0.444. The number of hydrogen-bond acceptors (Lipinski definition) is 4. The van der Waals surface area contributed by atoms with Gasteiger partial charge in [-0.15, -0.1) is 16.9 Å². The minimum absolute atomic E-state index is 0.959. The molecule has 2 rings (SSSR count). The Kier molecular flexibility index (Phi) is 3.39. The lowest BCUT2D eigenvalue weighted by Gasteiger charge is -1.96. The number of aryl methyl sites for hydroxylation is 2. The standard InChI is InChI=1S/C9H13N5S/c1-14-7-8(5-11-14)3-2-4-15-9-6-10-13-12-9/h5-7H,2-4H2,1H3,(H,10,12,13). The molecule has 15 heavy (non-hydrogen) atoms. The highest BCUT2D eigenvalue weighted by molar-refractivity contribution is 7.99. The maximum Gasteiger partial charge on any atom is 0.138 e. The first kappa shape index (κ1) is 10.2. The van der Waals surface area contributed by atoms with Crippen LogP contribution in [0.15, 0.2) is 23.6 Å². The SMILES string of the molecule is Cn1cc(CCCSc2cn[nH]n2)cn1. The lowest BCUT2D eigenvalue weighted by molar-refractivity contribution is 0.766. The second-order valence-corrected chi connectivity index (χ2v) is 4.40. The fourth-order valence-electron chi connectivity index (χ4n) is 1.31. The highest BCUT2D eigenvalue weighted by Crippen LogP contribution is 2.14. The number of nitrogens with zero attached hydrogens (tertiary/aromatic N) is 4. The van der Waals surface area contributed by atoms with Crippen LogP contribution in [0.2, 0.25) is 0 Å². The summed E-state index contributed by atoms with van der Waals surface area (Å²) in [7, 11) is 1.94. The second-order valence-electron chi connectivity index (χ2n) is 3.28. The fourth-order valence-corrected chi connectivity index (χ4v) is 2.05. The van der Waals surface area contributed by atoms with Gasteiger partial charge in [-0.05, 0) is 24.2 Å². The third-order valence-corrected chi connectivity index (χ3v) is 3.00. The van der Waals surface area contributed by atoms with Gasteiger partial charge in [0.2, 0.25) is 0 Å². The lowest BCUT2D eigenvalue weighted by atomic mass is 10.2. The van der Waals surface area contributed by atoms with E-state index in [1.165, 1.54) is 5.56 Å². The van der Waals surface area contributed by atoms with Crippen LogP contribution in [-0.4, -0.2) is 30.9 Å². The Morgan fingerprint density at radius 1 is 1.47 bits per heavy atom. The van der Waals surface area contributed by atoms with Gasteiger partial charge in [0.05, 0.1) is 12.4 Å². The molecular formula is C9H13N5S. The molecule has 0 fully saturated rings. The third kappa shape index (κ3) is 3.09. The first-order valence-corrected chi connectivity index (χ1v) is 5.79. The van der Waals surface area contributed by atoms with Gasteiger partial charge in [0.15, 0.2) is 0 Å². The Bertz CT molecular complexity index is 394. The van der Waals surface area contributed by atoms with Crippen LogP contribution in [0, 0.1) is 0 Å². The van der Waals surface area contributed by atoms with Gasteiger partial charge in [0.25, 0.3) is 0 Å². The molecule has 6 heteroatoms. The van der Waals surface area contributed by atoms with E-state index in [0.29, 0.717) is 0 Å². The summed E-state index contributed by atoms with van der Waals surface area (Å²) in [6, 6.07) is 0. The zero-order valence-corrected chi connectivity index (χ0v) is 9.37. The zero-order valence-electron chi connectivity index (χ0n) is 8.55. The molecule has 0 radical (unpaired) electrons. The van der Waals surface area contributed by atoms with E-state index in [0.717, 1.165) is 23.6 Å². The minimum Gasteiger partial charge on any atom is -0.276 e. The van der Waals surface area contributed by atoms with Crippen LogP contribution in [-0.2, 0) is 13.5 Å². The van der Waals surface area contributed by atoms with Gasteiger partial charge >= 0.3 is 0 Å². The van der Waals surface area contributed by atoms with Crippen LogP contribution in [0.5, 0.6) is 0 Å². The molecule has 0 saturated heterocycles. The summed E-state index contributed by atoms with van der Waals surface area (Å²) in [5.74, 6) is 1.06. The average molecular weight is 223 g/mol. The average Bonchev–Trinajstić information content (AvgIpc) is 2.84. The van der Waals surface area contributed by atoms with Crippen molar-refractivity contribution in [3.8, 4) is 0 Å². The molecule has 80 valence electrons. The van der Waals surface area contributed by atoms with Crippen molar-refractivity contribution in [3.05, 3.63) is 24.2 Å². The quantitative estimate of drug-likeness (QED) is 0.612. The van der Waals surface area contributed by atoms with Crippen molar-refractivity contribution in [1.29, 1.82) is 0 Å². The second kappa shape index (κ2) is 4.97. The van der Waals surface area contributed by atoms with E-state index in [1.54, 1.807) is 18.0 Å². The van der Waals surface area contributed by atoms with Crippen molar-refractivity contribution in [3.63, 3.8) is 0 Å². The molecule has 0 aliphatic carbocycles. The molecule has 0 amide bonds. The molecule has 0 aliphatic heterocycles. The summed E-state index contributed by atoms with van der Waals surface area (Å²) >= 11 is 1.72. The summed E-state index contributed by atoms with van der Waals surface area (Å²) < 4.78 is 1.83. The number of thioether (sulfide) groups is 1. The minimum atomic E-state index is 0.959. The van der Waals surface area contributed by atoms with Crippen LogP contribution < -0.4 is 0 Å². The first-order valence-electron chi connectivity index (χ1n) is 4.81. The molecule has 0 atom stereocenters. The van der Waals surface area contributed by atoms with Gasteiger partial charge in [-0.2, -0.15) is 15.4 Å². The number of nitrogens with one attached hydrogen (secondary N) is 1. The number of aromatic nitrogens is 5. The van der Waals surface area contributed by atoms with Crippen LogP contribution in [0.3, 0.4) is 0 Å². The van der Waals surface area contributed by atoms with Gasteiger partial charge in [-0.1, -0.05) is 0 Å². The Balaban J connectivity index is 1.67. The zero-order chi connectivity index (χ0) is 10.5. The molecule has 1 N–H and O–H groups in total. The monoisotopic (exact) mass is 223 g/mol. The van der Waals surface area contributed by atoms with Gasteiger partial charge in [0.1, 0.15) is 5.03 Å². The van der Waals surface area contributed by atoms with Crippen LogP contribution in [0.1, 0.15) is 12.0 Å². The molecule has 0 saturated carbocycles. The molecule has 0 bridgehead atoms. The molecule has 0 aromatic carbocycles. The largest absolute Gasteiger partial charge is 0.276 e. The van der Waals surface area contributed by atoms with Crippen molar-refractivity contribution < 1.29 is 0 Å². The van der Waals surface area contributed by atoms with Gasteiger partial charge in [-0.3, -0.25) is 4.68 Å². The lowest BCUT2D eigenvalue weighted by Crippen LogP contribution is -1.87. The van der Waals surface area contributed by atoms with Crippen molar-refractivity contribution in [1.82, 2.24) is 25.2 Å². The number of H-pyrrole nitrogens is 1. The molecule has 0 spiro atoms. The molecule has 2 heterocycles. The highest BCUT2D eigenvalue weighted by Gasteiger charge is 1.98. The summed E-state index contributed by atoms with van der Waals surface area (Å²) in [6.45, 7) is 0. The Hall–Kier alpha value is -1.30. The van der Waals surface area contributed by atoms with Crippen molar-refractivity contribution >= 4 is 11.8 Å². The number of hydrogen-bond donors (Lipinski definition) is 1. The maximum absolute atomic E-state index is 4.13. The van der Waals surface area contributed by atoms with Crippen LogP contribution in [0.25, 0.3) is 0 Å². The highest BCUT2D eigenvalue weighted by atomic mass is 32.2. The summed E-state index contributed by atoms with van der Waals surface area (Å²) in [4.78, 5) is 0. The van der Waals surface area contributed by atoms with E-state index in [1.807, 2.05) is 17.9 Å². The smallest absolute Gasteiger partial charge is 0.138 e. The molecule has 0 aliphatic rings. The van der Waals surface area contributed by atoms with E-state index in [4.69, 9.17) is 0 Å². The van der Waals surface area contributed by atoms with E-state index in [-0.39, 0.29) is 0 Å². The number of aromatic amines is 1. The first-order chi connectivity index (χ1) is 7.34. The van der Waals surface area contributed by atoms with E-state index >= 15 is 0 Å². The molecule has 2 aromatic rings. The Morgan fingerprint density at radius 3 is 3.07 bits per heavy atom. The molecule has 2 aromatic heterocycles. The Morgan fingerprint density at radius 2 is 2.40 bits per heavy atom. The van der Waals surface area contributed by atoms with Gasteiger partial charge < -0.3 is 0 Å². The predicted molar refractivity (Wildman–Crippen MR) is 58.6 cm³/mol. The van der Waals surface area contributed by atoms with E-state index in [2.05, 4.69) is 26.7 Å². The van der Waals surface area contributed by atoms with Crippen molar-refractivity contribution in [2.24, 2.45) is 7.05 Å². The van der Waals surface area contributed by atoms with E-state index < -0.39 is 0 Å². The Labute approximate surface area is 92.3 Å².